The molecule has 2 amide bonds. The van der Waals surface area contributed by atoms with Gasteiger partial charge < -0.3 is 15.1 Å². The monoisotopic (exact) mass is 345 g/mol. The zero-order valence-corrected chi connectivity index (χ0v) is 16.3. The van der Waals surface area contributed by atoms with Gasteiger partial charge in [-0.15, -0.1) is 0 Å². The Labute approximate surface area is 151 Å². The van der Waals surface area contributed by atoms with Crippen LogP contribution < -0.4 is 5.32 Å². The van der Waals surface area contributed by atoms with Crippen molar-refractivity contribution in [3.05, 3.63) is 35.9 Å². The van der Waals surface area contributed by atoms with Gasteiger partial charge >= 0.3 is 0 Å². The smallest absolute Gasteiger partial charge is 0.245 e. The van der Waals surface area contributed by atoms with Crippen LogP contribution in [0.25, 0.3) is 0 Å². The molecule has 0 radical (unpaired) electrons. The number of hydrogen-bond donors (Lipinski definition) is 1. The molecular weight excluding hydrogens is 314 g/mol. The van der Waals surface area contributed by atoms with Gasteiger partial charge in [-0.3, -0.25) is 9.59 Å². The van der Waals surface area contributed by atoms with Crippen molar-refractivity contribution >= 4 is 11.8 Å². The summed E-state index contributed by atoms with van der Waals surface area (Å²) in [7, 11) is 3.61. The lowest BCUT2D eigenvalue weighted by Crippen LogP contribution is -2.58. The second kappa shape index (κ2) is 7.16. The summed E-state index contributed by atoms with van der Waals surface area (Å²) in [4.78, 5) is 29.6. The third-order valence-electron chi connectivity index (χ3n) is 5.61. The number of nitrogens with one attached hydrogen (secondary N) is 1. The number of likely N-dealkylation sites (N-methyl/N-ethyl adjacent to an activating group) is 2. The number of hydrogen-bond acceptors (Lipinski definition) is 3. The average molecular weight is 345 g/mol. The number of carbonyl (C=O) groups is 2. The molecule has 5 heteroatoms. The minimum absolute atomic E-state index is 0.00612. The van der Waals surface area contributed by atoms with Crippen LogP contribution in [0, 0.1) is 0 Å². The lowest BCUT2D eigenvalue weighted by Gasteiger charge is -2.40. The topological polar surface area (TPSA) is 52.7 Å². The fourth-order valence-corrected chi connectivity index (χ4v) is 3.27. The Hall–Kier alpha value is -1.88. The average Bonchev–Trinajstić information content (AvgIpc) is 3.09. The van der Waals surface area contributed by atoms with E-state index in [1.165, 1.54) is 0 Å². The molecule has 0 bridgehead atoms. The summed E-state index contributed by atoms with van der Waals surface area (Å²) in [6.07, 6.45) is 1.58. The molecule has 1 saturated heterocycles. The second-order valence-corrected chi connectivity index (χ2v) is 7.85. The lowest BCUT2D eigenvalue weighted by atomic mass is 9.92. The van der Waals surface area contributed by atoms with Crippen LogP contribution >= 0.6 is 0 Å². The van der Waals surface area contributed by atoms with E-state index in [0.29, 0.717) is 6.54 Å². The molecular formula is C20H31N3O2. The van der Waals surface area contributed by atoms with Crippen LogP contribution in [0.1, 0.15) is 46.1 Å². The van der Waals surface area contributed by atoms with Gasteiger partial charge in [0, 0.05) is 13.6 Å². The summed E-state index contributed by atoms with van der Waals surface area (Å²) in [5.74, 6) is -0.0108. The number of likely N-dealkylation sites (tertiary alicyclic amines) is 1. The van der Waals surface area contributed by atoms with E-state index >= 15 is 0 Å². The van der Waals surface area contributed by atoms with Crippen LogP contribution in [0.3, 0.4) is 0 Å². The molecule has 2 rings (SSSR count). The molecule has 138 valence electrons. The Balaban J connectivity index is 2.22. The number of benzene rings is 1. The summed E-state index contributed by atoms with van der Waals surface area (Å²) in [5.41, 5.74) is -0.0258. The minimum atomic E-state index is -0.670. The largest absolute Gasteiger partial charge is 0.335 e. The first-order valence-electron chi connectivity index (χ1n) is 8.96. The Bertz CT molecular complexity index is 625. The highest BCUT2D eigenvalue weighted by Crippen LogP contribution is 2.30. The van der Waals surface area contributed by atoms with Gasteiger partial charge in [-0.05, 0) is 53.1 Å². The molecule has 1 aromatic carbocycles. The van der Waals surface area contributed by atoms with E-state index in [1.807, 2.05) is 65.1 Å². The molecule has 0 saturated carbocycles. The van der Waals surface area contributed by atoms with Crippen LogP contribution in [0.15, 0.2) is 30.3 Å². The van der Waals surface area contributed by atoms with Gasteiger partial charge in [0.1, 0.15) is 6.04 Å². The molecule has 5 nitrogen and oxygen atoms in total. The van der Waals surface area contributed by atoms with Crippen LogP contribution in [0.5, 0.6) is 0 Å². The predicted octanol–water partition coefficient (Wildman–Crippen LogP) is 2.37. The molecule has 0 aliphatic carbocycles. The van der Waals surface area contributed by atoms with E-state index in [0.717, 1.165) is 18.4 Å². The first-order valence-corrected chi connectivity index (χ1v) is 8.96. The van der Waals surface area contributed by atoms with Gasteiger partial charge in [0.15, 0.2) is 0 Å². The molecule has 1 aromatic rings. The van der Waals surface area contributed by atoms with Crippen molar-refractivity contribution in [1.29, 1.82) is 0 Å². The fourth-order valence-electron chi connectivity index (χ4n) is 3.27. The second-order valence-electron chi connectivity index (χ2n) is 7.85. The van der Waals surface area contributed by atoms with Crippen molar-refractivity contribution in [2.24, 2.45) is 0 Å². The molecule has 1 aliphatic heterocycles. The van der Waals surface area contributed by atoms with Crippen molar-refractivity contribution in [3.63, 3.8) is 0 Å². The summed E-state index contributed by atoms with van der Waals surface area (Å²) < 4.78 is 0. The first kappa shape index (κ1) is 19.4. The number of rotatable bonds is 5. The molecule has 1 aliphatic rings. The molecule has 1 atom stereocenters. The summed E-state index contributed by atoms with van der Waals surface area (Å²) in [5, 5.41) is 3.05. The van der Waals surface area contributed by atoms with Crippen LogP contribution in [0.2, 0.25) is 0 Å². The number of carbonyl (C=O) groups excluding carboxylic acids is 2. The first-order chi connectivity index (χ1) is 11.6. The van der Waals surface area contributed by atoms with Crippen molar-refractivity contribution in [2.75, 3.05) is 20.6 Å². The van der Waals surface area contributed by atoms with Gasteiger partial charge in [-0.1, -0.05) is 30.3 Å². The Kier molecular flexibility index (Phi) is 5.57. The zero-order chi connectivity index (χ0) is 18.8. The van der Waals surface area contributed by atoms with Crippen LogP contribution in [-0.4, -0.2) is 53.8 Å². The molecule has 0 spiro atoms. The highest BCUT2D eigenvalue weighted by Gasteiger charge is 2.43. The van der Waals surface area contributed by atoms with Crippen molar-refractivity contribution in [3.8, 4) is 0 Å². The predicted molar refractivity (Wildman–Crippen MR) is 100 cm³/mol. The minimum Gasteiger partial charge on any atom is -0.335 e. The third-order valence-corrected chi connectivity index (χ3v) is 5.61. The Morgan fingerprint density at radius 1 is 1.16 bits per heavy atom. The van der Waals surface area contributed by atoms with E-state index in [4.69, 9.17) is 0 Å². The maximum atomic E-state index is 13.2. The van der Waals surface area contributed by atoms with Crippen molar-refractivity contribution in [2.45, 2.75) is 57.7 Å². The number of amides is 2. The highest BCUT2D eigenvalue weighted by atomic mass is 16.2. The summed E-state index contributed by atoms with van der Waals surface area (Å²) >= 11 is 0. The standard InChI is InChI=1S/C20H31N3O2/c1-19(2,21-5)18(25)23-14-10-13-16(23)17(24)22(6)20(3,4)15-11-8-7-9-12-15/h7-9,11-12,16,21H,10,13-14H2,1-6H3. The van der Waals surface area contributed by atoms with E-state index in [1.54, 1.807) is 16.8 Å². The highest BCUT2D eigenvalue weighted by molar-refractivity contribution is 5.92. The van der Waals surface area contributed by atoms with Gasteiger partial charge in [0.2, 0.25) is 11.8 Å². The quantitative estimate of drug-likeness (QED) is 0.891. The molecule has 25 heavy (non-hydrogen) atoms. The Morgan fingerprint density at radius 2 is 1.76 bits per heavy atom. The van der Waals surface area contributed by atoms with Gasteiger partial charge in [0.25, 0.3) is 0 Å². The maximum absolute atomic E-state index is 13.2. The van der Waals surface area contributed by atoms with Crippen molar-refractivity contribution in [1.82, 2.24) is 15.1 Å². The van der Waals surface area contributed by atoms with Gasteiger partial charge in [-0.25, -0.2) is 0 Å². The fraction of sp³-hybridized carbons (Fsp3) is 0.600. The molecule has 1 unspecified atom stereocenters. The number of nitrogens with zero attached hydrogens (tertiary/aromatic N) is 2. The third kappa shape index (κ3) is 3.71. The van der Waals surface area contributed by atoms with Crippen LogP contribution in [0.4, 0.5) is 0 Å². The van der Waals surface area contributed by atoms with E-state index in [9.17, 15) is 9.59 Å². The summed E-state index contributed by atoms with van der Waals surface area (Å²) in [6.45, 7) is 8.43. The van der Waals surface area contributed by atoms with E-state index < -0.39 is 11.1 Å². The zero-order valence-electron chi connectivity index (χ0n) is 16.3. The summed E-state index contributed by atoms with van der Waals surface area (Å²) in [6, 6.07) is 9.62. The van der Waals surface area contributed by atoms with E-state index in [2.05, 4.69) is 5.32 Å². The van der Waals surface area contributed by atoms with Crippen molar-refractivity contribution < 1.29 is 9.59 Å². The van der Waals surface area contributed by atoms with E-state index in [-0.39, 0.29) is 17.9 Å². The molecule has 1 N–H and O–H groups in total. The molecule has 0 aromatic heterocycles. The maximum Gasteiger partial charge on any atom is 0.245 e. The molecule has 1 heterocycles. The molecule has 1 fully saturated rings. The SMILES string of the molecule is CNC(C)(C)C(=O)N1CCCC1C(=O)N(C)C(C)(C)c1ccccc1. The lowest BCUT2D eigenvalue weighted by molar-refractivity contribution is -0.148. The van der Waals surface area contributed by atoms with Gasteiger partial charge in [0.05, 0.1) is 11.1 Å². The normalized spacial score (nSPS) is 18.3. The van der Waals surface area contributed by atoms with Gasteiger partial charge in [-0.2, -0.15) is 0 Å². The van der Waals surface area contributed by atoms with Crippen LogP contribution in [-0.2, 0) is 15.1 Å². The Morgan fingerprint density at radius 3 is 2.32 bits per heavy atom.